The minimum Gasteiger partial charge on any atom is -0.381 e. The van der Waals surface area contributed by atoms with Crippen molar-refractivity contribution in [1.82, 2.24) is 4.90 Å². The first-order chi connectivity index (χ1) is 12.9. The molecule has 0 spiro atoms. The Bertz CT molecular complexity index is 596. The summed E-state index contributed by atoms with van der Waals surface area (Å²) in [5, 5.41) is 0. The average Bonchev–Trinajstić information content (AvgIpc) is 2.70. The van der Waals surface area contributed by atoms with Gasteiger partial charge in [0, 0.05) is 19.8 Å². The van der Waals surface area contributed by atoms with E-state index in [2.05, 4.69) is 65.6 Å². The number of hydrogen-bond acceptors (Lipinski definition) is 2. The molecule has 2 aromatic carbocycles. The number of rotatable bonds is 10. The third kappa shape index (κ3) is 8.47. The second-order valence-electron chi connectivity index (χ2n) is 7.58. The maximum atomic E-state index is 5.96. The van der Waals surface area contributed by atoms with Gasteiger partial charge in [-0.3, -0.25) is 4.90 Å². The van der Waals surface area contributed by atoms with Crippen molar-refractivity contribution in [3.05, 3.63) is 71.8 Å². The molecule has 0 N–H and O–H groups in total. The van der Waals surface area contributed by atoms with Crippen molar-refractivity contribution < 1.29 is 4.74 Å². The standard InChI is InChI=1S/C24H33NO.ClH/c1-4-10-22(11-5-1)12-8-3-9-19-26-21-24-15-17-25(18-16-24)20-23-13-6-2-7-14-23;/h1-2,4-7,10-11,13-14,24H,3,8-9,12,15-21H2;1H. The number of piperidine rings is 1. The summed E-state index contributed by atoms with van der Waals surface area (Å²) in [6, 6.07) is 21.6. The zero-order chi connectivity index (χ0) is 17.9. The smallest absolute Gasteiger partial charge is 0.0495 e. The van der Waals surface area contributed by atoms with Crippen LogP contribution in [0.4, 0.5) is 0 Å². The maximum absolute atomic E-state index is 5.96. The Hall–Kier alpha value is -1.35. The van der Waals surface area contributed by atoms with Crippen LogP contribution in [0.3, 0.4) is 0 Å². The van der Waals surface area contributed by atoms with Gasteiger partial charge >= 0.3 is 0 Å². The predicted octanol–water partition coefficient (Wildman–Crippen LogP) is 5.75. The average molecular weight is 388 g/mol. The first-order valence-electron chi connectivity index (χ1n) is 10.3. The van der Waals surface area contributed by atoms with Crippen LogP contribution in [0, 0.1) is 5.92 Å². The molecule has 0 amide bonds. The van der Waals surface area contributed by atoms with Crippen molar-refractivity contribution >= 4 is 12.4 Å². The fraction of sp³-hybridized carbons (Fsp3) is 0.500. The van der Waals surface area contributed by atoms with E-state index in [1.807, 2.05) is 0 Å². The molecule has 0 aromatic heterocycles. The highest BCUT2D eigenvalue weighted by Gasteiger charge is 2.19. The van der Waals surface area contributed by atoms with Crippen LogP contribution in [-0.2, 0) is 17.7 Å². The number of benzene rings is 2. The first kappa shape index (κ1) is 21.9. The molecule has 1 aliphatic rings. The van der Waals surface area contributed by atoms with E-state index in [0.717, 1.165) is 25.7 Å². The van der Waals surface area contributed by atoms with E-state index in [0.29, 0.717) is 0 Å². The molecular formula is C24H34ClNO. The van der Waals surface area contributed by atoms with Gasteiger partial charge < -0.3 is 4.74 Å². The molecule has 2 nitrogen and oxygen atoms in total. The molecule has 0 atom stereocenters. The quantitative estimate of drug-likeness (QED) is 0.481. The normalized spacial score (nSPS) is 15.4. The van der Waals surface area contributed by atoms with Gasteiger partial charge in [-0.15, -0.1) is 12.4 Å². The topological polar surface area (TPSA) is 12.5 Å². The summed E-state index contributed by atoms with van der Waals surface area (Å²) < 4.78 is 5.96. The highest BCUT2D eigenvalue weighted by molar-refractivity contribution is 5.85. The minimum atomic E-state index is 0. The van der Waals surface area contributed by atoms with Crippen LogP contribution in [0.25, 0.3) is 0 Å². The third-order valence-corrected chi connectivity index (χ3v) is 5.41. The Balaban J connectivity index is 0.00000261. The number of unbranched alkanes of at least 4 members (excludes halogenated alkanes) is 2. The van der Waals surface area contributed by atoms with Crippen molar-refractivity contribution in [3.8, 4) is 0 Å². The van der Waals surface area contributed by atoms with Gasteiger partial charge in [-0.2, -0.15) is 0 Å². The van der Waals surface area contributed by atoms with Gasteiger partial charge in [-0.1, -0.05) is 67.1 Å². The summed E-state index contributed by atoms with van der Waals surface area (Å²) in [4.78, 5) is 2.58. The molecule has 0 aliphatic carbocycles. The van der Waals surface area contributed by atoms with Gasteiger partial charge in [0.1, 0.15) is 0 Å². The Morgan fingerprint density at radius 2 is 1.41 bits per heavy atom. The first-order valence-corrected chi connectivity index (χ1v) is 10.3. The highest BCUT2D eigenvalue weighted by Crippen LogP contribution is 2.19. The Morgan fingerprint density at radius 1 is 0.778 bits per heavy atom. The second-order valence-corrected chi connectivity index (χ2v) is 7.58. The summed E-state index contributed by atoms with van der Waals surface area (Å²) in [5.74, 6) is 0.756. The van der Waals surface area contributed by atoms with Gasteiger partial charge in [0.15, 0.2) is 0 Å². The lowest BCUT2D eigenvalue weighted by Gasteiger charge is -2.31. The molecule has 3 heteroatoms. The predicted molar refractivity (Wildman–Crippen MR) is 117 cm³/mol. The number of hydrogen-bond donors (Lipinski definition) is 0. The summed E-state index contributed by atoms with van der Waals surface area (Å²) >= 11 is 0. The second kappa shape index (κ2) is 12.9. The highest BCUT2D eigenvalue weighted by atomic mass is 35.5. The largest absolute Gasteiger partial charge is 0.381 e. The molecule has 0 radical (unpaired) electrons. The molecule has 27 heavy (non-hydrogen) atoms. The number of halogens is 1. The van der Waals surface area contributed by atoms with Crippen molar-refractivity contribution in [2.45, 2.75) is 45.1 Å². The van der Waals surface area contributed by atoms with Crippen molar-refractivity contribution in [3.63, 3.8) is 0 Å². The molecule has 2 aromatic rings. The van der Waals surface area contributed by atoms with E-state index in [1.165, 1.54) is 62.7 Å². The fourth-order valence-electron chi connectivity index (χ4n) is 3.76. The van der Waals surface area contributed by atoms with Gasteiger partial charge in [0.05, 0.1) is 0 Å². The molecule has 3 rings (SSSR count). The van der Waals surface area contributed by atoms with E-state index >= 15 is 0 Å². The van der Waals surface area contributed by atoms with Gasteiger partial charge in [-0.25, -0.2) is 0 Å². The summed E-state index contributed by atoms with van der Waals surface area (Å²) in [6.45, 7) is 5.40. The van der Waals surface area contributed by atoms with Gasteiger partial charge in [-0.05, 0) is 62.2 Å². The minimum absolute atomic E-state index is 0. The van der Waals surface area contributed by atoms with Crippen LogP contribution in [0.15, 0.2) is 60.7 Å². The van der Waals surface area contributed by atoms with Crippen LogP contribution in [0.2, 0.25) is 0 Å². The Labute approximate surface area is 171 Å². The number of aryl methyl sites for hydroxylation is 1. The fourth-order valence-corrected chi connectivity index (χ4v) is 3.76. The summed E-state index contributed by atoms with van der Waals surface area (Å²) in [5.41, 5.74) is 2.88. The molecule has 0 bridgehead atoms. The summed E-state index contributed by atoms with van der Waals surface area (Å²) in [7, 11) is 0. The van der Waals surface area contributed by atoms with E-state index in [1.54, 1.807) is 0 Å². The van der Waals surface area contributed by atoms with Crippen molar-refractivity contribution in [1.29, 1.82) is 0 Å². The molecular weight excluding hydrogens is 354 g/mol. The number of ether oxygens (including phenoxy) is 1. The number of likely N-dealkylation sites (tertiary alicyclic amines) is 1. The number of nitrogens with zero attached hydrogens (tertiary/aromatic N) is 1. The van der Waals surface area contributed by atoms with E-state index in [9.17, 15) is 0 Å². The molecule has 0 unspecified atom stereocenters. The molecule has 1 heterocycles. The van der Waals surface area contributed by atoms with Gasteiger partial charge in [0.2, 0.25) is 0 Å². The maximum Gasteiger partial charge on any atom is 0.0495 e. The lowest BCUT2D eigenvalue weighted by molar-refractivity contribution is 0.0633. The van der Waals surface area contributed by atoms with Crippen LogP contribution in [0.1, 0.15) is 43.2 Å². The van der Waals surface area contributed by atoms with Crippen LogP contribution in [-0.4, -0.2) is 31.2 Å². The molecule has 148 valence electrons. The third-order valence-electron chi connectivity index (χ3n) is 5.41. The summed E-state index contributed by atoms with van der Waals surface area (Å²) in [6.07, 6.45) is 7.48. The van der Waals surface area contributed by atoms with E-state index in [-0.39, 0.29) is 12.4 Å². The lowest BCUT2D eigenvalue weighted by Crippen LogP contribution is -2.34. The molecule has 1 saturated heterocycles. The van der Waals surface area contributed by atoms with Crippen LogP contribution >= 0.6 is 12.4 Å². The van der Waals surface area contributed by atoms with Gasteiger partial charge in [0.25, 0.3) is 0 Å². The Morgan fingerprint density at radius 3 is 2.07 bits per heavy atom. The zero-order valence-corrected chi connectivity index (χ0v) is 17.2. The van der Waals surface area contributed by atoms with Crippen LogP contribution < -0.4 is 0 Å². The SMILES string of the molecule is Cl.c1ccc(CCCCCOCC2CCN(Cc3ccccc3)CC2)cc1. The van der Waals surface area contributed by atoms with Crippen molar-refractivity contribution in [2.75, 3.05) is 26.3 Å². The van der Waals surface area contributed by atoms with Crippen LogP contribution in [0.5, 0.6) is 0 Å². The monoisotopic (exact) mass is 387 g/mol. The Kier molecular flexibility index (Phi) is 10.5. The molecule has 1 aliphatic heterocycles. The van der Waals surface area contributed by atoms with Crippen molar-refractivity contribution in [2.24, 2.45) is 5.92 Å². The van der Waals surface area contributed by atoms with E-state index < -0.39 is 0 Å². The zero-order valence-electron chi connectivity index (χ0n) is 16.4. The lowest BCUT2D eigenvalue weighted by atomic mass is 9.97. The molecule has 0 saturated carbocycles. The van der Waals surface area contributed by atoms with E-state index in [4.69, 9.17) is 4.74 Å². The molecule has 1 fully saturated rings.